The van der Waals surface area contributed by atoms with Crippen molar-refractivity contribution in [3.63, 3.8) is 0 Å². The van der Waals surface area contributed by atoms with Gasteiger partial charge >= 0.3 is 0 Å². The minimum absolute atomic E-state index is 0.314. The van der Waals surface area contributed by atoms with Gasteiger partial charge < -0.3 is 10.5 Å². The first-order valence-corrected chi connectivity index (χ1v) is 5.60. The van der Waals surface area contributed by atoms with Gasteiger partial charge in [-0.15, -0.1) is 5.10 Å². The lowest BCUT2D eigenvalue weighted by Gasteiger charge is -2.07. The average molecular weight is 301 g/mol. The molecule has 0 saturated heterocycles. The van der Waals surface area contributed by atoms with Crippen molar-refractivity contribution in [2.75, 3.05) is 12.8 Å². The molecule has 0 amide bonds. The third-order valence-corrected chi connectivity index (χ3v) is 3.02. The zero-order valence-corrected chi connectivity index (χ0v) is 10.8. The SMILES string of the molecule is COc1cc(-n2c(N)n[nH]c2=S)ccc1Br. The number of nitrogens with two attached hydrogens (primary N) is 1. The number of ether oxygens (including phenoxy) is 1. The highest BCUT2D eigenvalue weighted by Gasteiger charge is 2.07. The van der Waals surface area contributed by atoms with E-state index in [1.165, 1.54) is 0 Å². The van der Waals surface area contributed by atoms with E-state index < -0.39 is 0 Å². The van der Waals surface area contributed by atoms with E-state index in [9.17, 15) is 0 Å². The topological polar surface area (TPSA) is 68.9 Å². The largest absolute Gasteiger partial charge is 0.495 e. The van der Waals surface area contributed by atoms with Crippen LogP contribution in [0.4, 0.5) is 5.95 Å². The molecule has 1 aromatic carbocycles. The fraction of sp³-hybridized carbons (Fsp3) is 0.111. The van der Waals surface area contributed by atoms with Crippen LogP contribution in [-0.4, -0.2) is 21.9 Å². The van der Waals surface area contributed by atoms with Crippen molar-refractivity contribution >= 4 is 34.1 Å². The number of hydrogen-bond donors (Lipinski definition) is 2. The number of aromatic amines is 1. The third kappa shape index (κ3) is 1.83. The van der Waals surface area contributed by atoms with E-state index in [1.807, 2.05) is 18.2 Å². The smallest absolute Gasteiger partial charge is 0.225 e. The Hall–Kier alpha value is -1.34. The number of rotatable bonds is 2. The van der Waals surface area contributed by atoms with Crippen molar-refractivity contribution in [1.82, 2.24) is 14.8 Å². The molecule has 1 heterocycles. The Labute approximate surface area is 105 Å². The van der Waals surface area contributed by atoms with E-state index in [-0.39, 0.29) is 0 Å². The van der Waals surface area contributed by atoms with Crippen molar-refractivity contribution in [3.8, 4) is 11.4 Å². The first kappa shape index (κ1) is 11.2. The Morgan fingerprint density at radius 1 is 1.56 bits per heavy atom. The van der Waals surface area contributed by atoms with Crippen LogP contribution in [0.3, 0.4) is 0 Å². The number of nitrogen functional groups attached to an aromatic ring is 1. The van der Waals surface area contributed by atoms with Gasteiger partial charge in [0.1, 0.15) is 5.75 Å². The number of benzene rings is 1. The number of nitrogens with zero attached hydrogens (tertiary/aromatic N) is 2. The molecule has 2 aromatic rings. The molecular formula is C9H9BrN4OS. The summed E-state index contributed by atoms with van der Waals surface area (Å²) in [6.45, 7) is 0. The monoisotopic (exact) mass is 300 g/mol. The molecule has 16 heavy (non-hydrogen) atoms. The molecule has 0 radical (unpaired) electrons. The Kier molecular flexibility index (Phi) is 2.97. The maximum atomic E-state index is 5.70. The van der Waals surface area contributed by atoms with Gasteiger partial charge in [0.15, 0.2) is 0 Å². The molecule has 5 nitrogen and oxygen atoms in total. The van der Waals surface area contributed by atoms with E-state index in [0.29, 0.717) is 16.5 Å². The summed E-state index contributed by atoms with van der Waals surface area (Å²) in [6.07, 6.45) is 0. The number of anilines is 1. The van der Waals surface area contributed by atoms with Crippen molar-refractivity contribution in [2.45, 2.75) is 0 Å². The number of nitrogens with one attached hydrogen (secondary N) is 1. The Balaban J connectivity index is 2.61. The molecule has 0 spiro atoms. The molecule has 3 N–H and O–H groups in total. The van der Waals surface area contributed by atoms with Gasteiger partial charge in [-0.1, -0.05) is 0 Å². The maximum Gasteiger partial charge on any atom is 0.225 e. The molecule has 0 fully saturated rings. The van der Waals surface area contributed by atoms with E-state index in [1.54, 1.807) is 11.7 Å². The second-order valence-electron chi connectivity index (χ2n) is 3.04. The molecule has 84 valence electrons. The number of halogens is 1. The van der Waals surface area contributed by atoms with Crippen molar-refractivity contribution in [2.24, 2.45) is 0 Å². The first-order chi connectivity index (χ1) is 7.63. The molecular weight excluding hydrogens is 292 g/mol. The predicted octanol–water partition coefficient (Wildman–Crippen LogP) is 2.28. The van der Waals surface area contributed by atoms with E-state index >= 15 is 0 Å². The number of hydrogen-bond acceptors (Lipinski definition) is 4. The first-order valence-electron chi connectivity index (χ1n) is 4.40. The van der Waals surface area contributed by atoms with Crippen molar-refractivity contribution < 1.29 is 4.74 Å². The summed E-state index contributed by atoms with van der Waals surface area (Å²) >= 11 is 8.46. The number of aromatic nitrogens is 3. The van der Waals surface area contributed by atoms with Gasteiger partial charge in [-0.2, -0.15) is 0 Å². The summed E-state index contributed by atoms with van der Waals surface area (Å²) in [5.74, 6) is 1.02. The molecule has 0 aliphatic carbocycles. The van der Waals surface area contributed by atoms with E-state index in [0.717, 1.165) is 10.2 Å². The van der Waals surface area contributed by atoms with Gasteiger partial charge in [-0.25, -0.2) is 5.10 Å². The third-order valence-electron chi connectivity index (χ3n) is 2.09. The lowest BCUT2D eigenvalue weighted by atomic mass is 10.3. The fourth-order valence-corrected chi connectivity index (χ4v) is 2.00. The van der Waals surface area contributed by atoms with Crippen molar-refractivity contribution in [1.29, 1.82) is 0 Å². The predicted molar refractivity (Wildman–Crippen MR) is 67.4 cm³/mol. The highest BCUT2D eigenvalue weighted by molar-refractivity contribution is 9.10. The van der Waals surface area contributed by atoms with Crippen LogP contribution < -0.4 is 10.5 Å². The van der Waals surface area contributed by atoms with Gasteiger partial charge in [0.2, 0.25) is 10.7 Å². The Morgan fingerprint density at radius 2 is 2.31 bits per heavy atom. The van der Waals surface area contributed by atoms with Gasteiger partial charge in [-0.05, 0) is 40.3 Å². The summed E-state index contributed by atoms with van der Waals surface area (Å²) in [5, 5.41) is 6.47. The zero-order chi connectivity index (χ0) is 11.7. The quantitative estimate of drug-likeness (QED) is 0.835. The van der Waals surface area contributed by atoms with Gasteiger partial charge in [0, 0.05) is 6.07 Å². The molecule has 0 saturated carbocycles. The summed E-state index contributed by atoms with van der Waals surface area (Å²) in [5.41, 5.74) is 6.51. The fourth-order valence-electron chi connectivity index (χ4n) is 1.35. The molecule has 1 aromatic heterocycles. The Morgan fingerprint density at radius 3 is 2.88 bits per heavy atom. The lowest BCUT2D eigenvalue weighted by Crippen LogP contribution is -2.01. The molecule has 0 aliphatic heterocycles. The summed E-state index contributed by atoms with van der Waals surface area (Å²) in [7, 11) is 1.60. The zero-order valence-electron chi connectivity index (χ0n) is 8.40. The lowest BCUT2D eigenvalue weighted by molar-refractivity contribution is 0.412. The van der Waals surface area contributed by atoms with Crippen LogP contribution >= 0.6 is 28.1 Å². The van der Waals surface area contributed by atoms with Gasteiger partial charge in [-0.3, -0.25) is 4.57 Å². The molecule has 2 rings (SSSR count). The number of methoxy groups -OCH3 is 1. The summed E-state index contributed by atoms with van der Waals surface area (Å²) < 4.78 is 8.14. The van der Waals surface area contributed by atoms with Crippen LogP contribution in [0.15, 0.2) is 22.7 Å². The summed E-state index contributed by atoms with van der Waals surface area (Å²) in [4.78, 5) is 0. The standard InChI is InChI=1S/C9H9BrN4OS/c1-15-7-4-5(2-3-6(7)10)14-8(11)12-13-9(14)16/h2-4H,1H3,(H2,11,12)(H,13,16). The van der Waals surface area contributed by atoms with Crippen LogP contribution in [0.1, 0.15) is 0 Å². The molecule has 0 atom stereocenters. The van der Waals surface area contributed by atoms with Crippen LogP contribution in [0, 0.1) is 4.77 Å². The van der Waals surface area contributed by atoms with Gasteiger partial charge in [0.05, 0.1) is 17.3 Å². The normalized spacial score (nSPS) is 10.4. The number of H-pyrrole nitrogens is 1. The van der Waals surface area contributed by atoms with E-state index in [2.05, 4.69) is 26.1 Å². The minimum Gasteiger partial charge on any atom is -0.495 e. The van der Waals surface area contributed by atoms with Crippen LogP contribution in [-0.2, 0) is 0 Å². The molecule has 0 unspecified atom stereocenters. The molecule has 0 aliphatic rings. The maximum absolute atomic E-state index is 5.70. The second kappa shape index (κ2) is 4.26. The molecule has 0 bridgehead atoms. The average Bonchev–Trinajstić information content (AvgIpc) is 2.60. The minimum atomic E-state index is 0.314. The highest BCUT2D eigenvalue weighted by atomic mass is 79.9. The van der Waals surface area contributed by atoms with Crippen molar-refractivity contribution in [3.05, 3.63) is 27.4 Å². The van der Waals surface area contributed by atoms with Gasteiger partial charge in [0.25, 0.3) is 0 Å². The Bertz CT molecular complexity index is 577. The second-order valence-corrected chi connectivity index (χ2v) is 4.28. The van der Waals surface area contributed by atoms with Crippen LogP contribution in [0.2, 0.25) is 0 Å². The summed E-state index contributed by atoms with van der Waals surface area (Å²) in [6, 6.07) is 5.56. The van der Waals surface area contributed by atoms with Crippen LogP contribution in [0.5, 0.6) is 5.75 Å². The molecule has 7 heteroatoms. The van der Waals surface area contributed by atoms with E-state index in [4.69, 9.17) is 22.7 Å². The van der Waals surface area contributed by atoms with Crippen LogP contribution in [0.25, 0.3) is 5.69 Å². The highest BCUT2D eigenvalue weighted by Crippen LogP contribution is 2.27.